The summed E-state index contributed by atoms with van der Waals surface area (Å²) in [4.78, 5) is 9.45. The lowest BCUT2D eigenvalue weighted by Gasteiger charge is -2.21. The highest BCUT2D eigenvalue weighted by Gasteiger charge is 2.17. The molecule has 0 fully saturated rings. The van der Waals surface area contributed by atoms with E-state index in [4.69, 9.17) is 19.5 Å². The summed E-state index contributed by atoms with van der Waals surface area (Å²) in [6.45, 7) is 10.0. The van der Waals surface area contributed by atoms with Gasteiger partial charge in [0.1, 0.15) is 11.5 Å². The Bertz CT molecular complexity index is 1190. The van der Waals surface area contributed by atoms with Gasteiger partial charge in [-0.05, 0) is 48.9 Å². The molecule has 3 aromatic carbocycles. The molecule has 0 radical (unpaired) electrons. The van der Waals surface area contributed by atoms with Gasteiger partial charge >= 0.3 is 0 Å². The Morgan fingerprint density at radius 2 is 1.05 bits per heavy atom. The monoisotopic (exact) mass is 572 g/mol. The molecule has 0 aromatic heterocycles. The van der Waals surface area contributed by atoms with Crippen LogP contribution >= 0.6 is 0 Å². The Morgan fingerprint density at radius 1 is 0.643 bits per heavy atom. The fourth-order valence-electron chi connectivity index (χ4n) is 4.65. The second-order valence-corrected chi connectivity index (χ2v) is 10.9. The van der Waals surface area contributed by atoms with Crippen molar-refractivity contribution in [1.29, 1.82) is 0 Å². The number of hydrogen-bond acceptors (Lipinski definition) is 6. The predicted octanol–water partition coefficient (Wildman–Crippen LogP) is 9.79. The first kappa shape index (κ1) is 32.7. The number of unbranched alkanes of at least 4 members (excludes halogenated alkanes) is 2. The van der Waals surface area contributed by atoms with Crippen LogP contribution in [0.4, 0.5) is 11.4 Å². The van der Waals surface area contributed by atoms with Crippen LogP contribution < -0.4 is 9.47 Å². The first-order valence-corrected chi connectivity index (χ1v) is 15.6. The van der Waals surface area contributed by atoms with Gasteiger partial charge in [0.25, 0.3) is 0 Å². The lowest BCUT2D eigenvalue weighted by Crippen LogP contribution is -2.14. The smallest absolute Gasteiger partial charge is 0.163 e. The summed E-state index contributed by atoms with van der Waals surface area (Å²) < 4.78 is 12.9. The molecule has 2 unspecified atom stereocenters. The fraction of sp³-hybridized carbons (Fsp3) is 0.444. The van der Waals surface area contributed by atoms with Gasteiger partial charge in [-0.15, -0.1) is 0 Å². The molecular weight excluding hydrogens is 524 g/mol. The van der Waals surface area contributed by atoms with Crippen molar-refractivity contribution >= 4 is 23.8 Å². The van der Waals surface area contributed by atoms with Gasteiger partial charge in [0.05, 0.1) is 24.6 Å². The van der Waals surface area contributed by atoms with Crippen LogP contribution in [0.15, 0.2) is 70.6 Å². The van der Waals surface area contributed by atoms with E-state index in [9.17, 15) is 10.2 Å². The molecule has 0 aliphatic carbocycles. The zero-order valence-electron chi connectivity index (χ0n) is 25.8. The highest BCUT2D eigenvalue weighted by molar-refractivity contribution is 5.90. The van der Waals surface area contributed by atoms with Crippen LogP contribution in [0.25, 0.3) is 0 Å². The minimum Gasteiger partial charge on any atom is -0.507 e. The molecule has 0 amide bonds. The minimum atomic E-state index is 0.149. The van der Waals surface area contributed by atoms with Gasteiger partial charge in [-0.25, -0.2) is 0 Å². The molecule has 6 heteroatoms. The molecule has 3 aromatic rings. The van der Waals surface area contributed by atoms with Crippen LogP contribution in [0, 0.1) is 11.8 Å². The Kier molecular flexibility index (Phi) is 13.9. The quantitative estimate of drug-likeness (QED) is 0.149. The van der Waals surface area contributed by atoms with Crippen molar-refractivity contribution in [2.24, 2.45) is 21.8 Å². The molecule has 6 nitrogen and oxygen atoms in total. The molecular formula is C36H48N2O4. The van der Waals surface area contributed by atoms with Gasteiger partial charge < -0.3 is 19.7 Å². The van der Waals surface area contributed by atoms with Crippen molar-refractivity contribution in [2.75, 3.05) is 13.2 Å². The SMILES string of the molecule is CCCCC(CC)COc1cc(N=Cc2ccccc2O)c(N=Cc2ccccc2O)cc1OCC(CC)CCCC. The van der Waals surface area contributed by atoms with Crippen LogP contribution in [0.1, 0.15) is 90.2 Å². The molecule has 3 rings (SSSR count). The number of hydrogen-bond donors (Lipinski definition) is 2. The van der Waals surface area contributed by atoms with E-state index in [-0.39, 0.29) is 11.5 Å². The van der Waals surface area contributed by atoms with Gasteiger partial charge in [0.15, 0.2) is 11.5 Å². The van der Waals surface area contributed by atoms with Crippen molar-refractivity contribution in [3.63, 3.8) is 0 Å². The molecule has 0 heterocycles. The van der Waals surface area contributed by atoms with Crippen LogP contribution in [-0.4, -0.2) is 35.9 Å². The molecule has 0 saturated heterocycles. The molecule has 0 bridgehead atoms. The second kappa shape index (κ2) is 17.9. The van der Waals surface area contributed by atoms with Crippen molar-refractivity contribution in [3.05, 3.63) is 71.8 Å². The number of nitrogens with zero attached hydrogens (tertiary/aromatic N) is 2. The first-order chi connectivity index (χ1) is 20.5. The lowest BCUT2D eigenvalue weighted by atomic mass is 10.0. The molecule has 226 valence electrons. The van der Waals surface area contributed by atoms with Crippen LogP contribution in [0.3, 0.4) is 0 Å². The van der Waals surface area contributed by atoms with E-state index >= 15 is 0 Å². The van der Waals surface area contributed by atoms with E-state index in [1.54, 1.807) is 48.8 Å². The standard InChI is InChI=1S/C36H48N2O4/c1-5-9-15-27(7-3)25-41-35-21-31(37-23-29-17-11-13-19-33(29)39)32(38-24-30-18-12-14-20-34(30)40)22-36(35)42-26-28(8-4)16-10-6-2/h11-14,17-24,27-28,39-40H,5-10,15-16,25-26H2,1-4H3. The summed E-state index contributed by atoms with van der Waals surface area (Å²) in [5.41, 5.74) is 2.35. The maximum absolute atomic E-state index is 10.3. The number of rotatable bonds is 18. The molecule has 42 heavy (non-hydrogen) atoms. The maximum Gasteiger partial charge on any atom is 0.163 e. The highest BCUT2D eigenvalue weighted by Crippen LogP contribution is 2.41. The predicted molar refractivity (Wildman–Crippen MR) is 175 cm³/mol. The normalized spacial score (nSPS) is 13.0. The first-order valence-electron chi connectivity index (χ1n) is 15.6. The lowest BCUT2D eigenvalue weighted by molar-refractivity contribution is 0.199. The Morgan fingerprint density at radius 3 is 1.40 bits per heavy atom. The zero-order valence-corrected chi connectivity index (χ0v) is 25.8. The summed E-state index contributed by atoms with van der Waals surface area (Å²) >= 11 is 0. The Labute approximate surface area is 252 Å². The molecule has 2 atom stereocenters. The van der Waals surface area contributed by atoms with E-state index in [2.05, 4.69) is 27.7 Å². The zero-order chi connectivity index (χ0) is 30.2. The van der Waals surface area contributed by atoms with Crippen LogP contribution in [0.2, 0.25) is 0 Å². The Hall–Kier alpha value is -3.80. The third kappa shape index (κ3) is 10.2. The number of para-hydroxylation sites is 2. The summed E-state index contributed by atoms with van der Waals surface area (Å²) in [6, 6.07) is 17.9. The molecule has 0 saturated carbocycles. The Balaban J connectivity index is 2.03. The third-order valence-corrected chi connectivity index (χ3v) is 7.64. The van der Waals surface area contributed by atoms with E-state index in [0.717, 1.165) is 38.5 Å². The largest absolute Gasteiger partial charge is 0.507 e. The fourth-order valence-corrected chi connectivity index (χ4v) is 4.65. The maximum atomic E-state index is 10.3. The second-order valence-electron chi connectivity index (χ2n) is 10.9. The number of phenolic OH excluding ortho intramolecular Hbond substituents is 2. The van der Waals surface area contributed by atoms with Crippen molar-refractivity contribution in [2.45, 2.75) is 79.1 Å². The van der Waals surface area contributed by atoms with Crippen LogP contribution in [-0.2, 0) is 0 Å². The van der Waals surface area contributed by atoms with E-state index in [0.29, 0.717) is 59.1 Å². The third-order valence-electron chi connectivity index (χ3n) is 7.64. The van der Waals surface area contributed by atoms with E-state index in [1.807, 2.05) is 24.3 Å². The molecule has 0 spiro atoms. The van der Waals surface area contributed by atoms with Gasteiger partial charge in [0, 0.05) is 35.7 Å². The number of ether oxygens (including phenoxy) is 2. The molecule has 0 aliphatic heterocycles. The average molecular weight is 573 g/mol. The van der Waals surface area contributed by atoms with Gasteiger partial charge in [0.2, 0.25) is 0 Å². The summed E-state index contributed by atoms with van der Waals surface area (Å²) in [5, 5.41) is 20.6. The van der Waals surface area contributed by atoms with Gasteiger partial charge in [-0.1, -0.05) is 90.5 Å². The van der Waals surface area contributed by atoms with Crippen molar-refractivity contribution in [3.8, 4) is 23.0 Å². The molecule has 2 N–H and O–H groups in total. The summed E-state index contributed by atoms with van der Waals surface area (Å²) in [6.07, 6.45) is 12.3. The highest BCUT2D eigenvalue weighted by atomic mass is 16.5. The van der Waals surface area contributed by atoms with Gasteiger partial charge in [-0.3, -0.25) is 9.98 Å². The van der Waals surface area contributed by atoms with Crippen molar-refractivity contribution in [1.82, 2.24) is 0 Å². The van der Waals surface area contributed by atoms with Crippen LogP contribution in [0.5, 0.6) is 23.0 Å². The van der Waals surface area contributed by atoms with E-state index in [1.165, 1.54) is 12.8 Å². The molecule has 0 aliphatic rings. The number of phenols is 2. The average Bonchev–Trinajstić information content (AvgIpc) is 3.01. The number of aliphatic imine (C=N–C) groups is 2. The summed E-state index contributed by atoms with van der Waals surface area (Å²) in [5.74, 6) is 2.49. The summed E-state index contributed by atoms with van der Waals surface area (Å²) in [7, 11) is 0. The number of aromatic hydroxyl groups is 2. The number of benzene rings is 3. The van der Waals surface area contributed by atoms with Crippen molar-refractivity contribution < 1.29 is 19.7 Å². The topological polar surface area (TPSA) is 83.6 Å². The van der Waals surface area contributed by atoms with Gasteiger partial charge in [-0.2, -0.15) is 0 Å². The van der Waals surface area contributed by atoms with E-state index < -0.39 is 0 Å². The minimum absolute atomic E-state index is 0.149.